The van der Waals surface area contributed by atoms with Crippen molar-refractivity contribution >= 4 is 5.97 Å². The molecule has 0 saturated heterocycles. The fourth-order valence-electron chi connectivity index (χ4n) is 3.39. The van der Waals surface area contributed by atoms with Gasteiger partial charge in [-0.2, -0.15) is 5.10 Å². The van der Waals surface area contributed by atoms with E-state index in [1.807, 2.05) is 6.92 Å². The van der Waals surface area contributed by atoms with Crippen LogP contribution in [0.25, 0.3) is 22.4 Å². The third kappa shape index (κ3) is 3.33. The minimum absolute atomic E-state index is 0.0279. The molecule has 0 spiro atoms. The van der Waals surface area contributed by atoms with E-state index in [0.29, 0.717) is 53.4 Å². The summed E-state index contributed by atoms with van der Waals surface area (Å²) < 4.78 is 11.4. The Labute approximate surface area is 166 Å². The second kappa shape index (κ2) is 7.38. The zero-order chi connectivity index (χ0) is 20.5. The van der Waals surface area contributed by atoms with Crippen LogP contribution >= 0.6 is 0 Å². The number of ether oxygens (including phenoxy) is 2. The summed E-state index contributed by atoms with van der Waals surface area (Å²) in [5, 5.41) is 36.8. The molecule has 0 bridgehead atoms. The van der Waals surface area contributed by atoms with Crippen molar-refractivity contribution in [2.75, 3.05) is 13.2 Å². The highest BCUT2D eigenvalue weighted by Gasteiger charge is 2.25. The Morgan fingerprint density at radius 3 is 2.59 bits per heavy atom. The van der Waals surface area contributed by atoms with Crippen molar-refractivity contribution in [1.29, 1.82) is 0 Å². The average molecular weight is 396 g/mol. The van der Waals surface area contributed by atoms with Gasteiger partial charge in [0.2, 0.25) is 0 Å². The lowest BCUT2D eigenvalue weighted by Crippen LogP contribution is -2.00. The summed E-state index contributed by atoms with van der Waals surface area (Å²) in [5.74, 6) is -0.292. The minimum atomic E-state index is -1.18. The van der Waals surface area contributed by atoms with Gasteiger partial charge in [-0.3, -0.25) is 5.10 Å². The summed E-state index contributed by atoms with van der Waals surface area (Å²) in [5.41, 5.74) is 1.97. The van der Waals surface area contributed by atoms with E-state index >= 15 is 0 Å². The smallest absolute Gasteiger partial charge is 0.354 e. The molecule has 29 heavy (non-hydrogen) atoms. The largest absolute Gasteiger partial charge is 0.508 e. The van der Waals surface area contributed by atoms with Crippen LogP contribution in [0.3, 0.4) is 0 Å². The Hall–Kier alpha value is -3.68. The topological polar surface area (TPSA) is 125 Å². The van der Waals surface area contributed by atoms with Crippen LogP contribution in [0.4, 0.5) is 0 Å². The van der Waals surface area contributed by atoms with Gasteiger partial charge in [0.05, 0.1) is 13.2 Å². The van der Waals surface area contributed by atoms with Crippen molar-refractivity contribution in [1.82, 2.24) is 10.2 Å². The highest BCUT2D eigenvalue weighted by molar-refractivity contribution is 5.99. The fourth-order valence-corrected chi connectivity index (χ4v) is 3.39. The number of nitrogens with one attached hydrogen (secondary N) is 1. The molecule has 0 unspecified atom stereocenters. The van der Waals surface area contributed by atoms with Crippen LogP contribution in [0, 0.1) is 0 Å². The lowest BCUT2D eigenvalue weighted by molar-refractivity contribution is 0.0691. The third-order valence-corrected chi connectivity index (χ3v) is 4.85. The van der Waals surface area contributed by atoms with E-state index in [9.17, 15) is 20.1 Å². The third-order valence-electron chi connectivity index (χ3n) is 4.85. The SMILES string of the molecule is CCc1cc(-c2n[nH]c(C(=O)O)c2-c2ccc3c(c2)OCCCO3)c(O)cc1O. The molecule has 1 aliphatic rings. The zero-order valence-corrected chi connectivity index (χ0v) is 15.7. The maximum Gasteiger partial charge on any atom is 0.354 e. The second-order valence-corrected chi connectivity index (χ2v) is 6.69. The number of rotatable bonds is 4. The average Bonchev–Trinajstić information content (AvgIpc) is 3.00. The number of hydrogen-bond donors (Lipinski definition) is 4. The molecule has 0 radical (unpaired) electrons. The zero-order valence-electron chi connectivity index (χ0n) is 15.7. The summed E-state index contributed by atoms with van der Waals surface area (Å²) >= 11 is 0. The van der Waals surface area contributed by atoms with Gasteiger partial charge in [-0.1, -0.05) is 13.0 Å². The van der Waals surface area contributed by atoms with Gasteiger partial charge in [-0.25, -0.2) is 4.79 Å². The van der Waals surface area contributed by atoms with E-state index in [4.69, 9.17) is 9.47 Å². The summed E-state index contributed by atoms with van der Waals surface area (Å²) in [6.07, 6.45) is 1.29. The lowest BCUT2D eigenvalue weighted by atomic mass is 9.96. The quantitative estimate of drug-likeness (QED) is 0.531. The number of aromatic hydroxyl groups is 2. The molecule has 0 atom stereocenters. The molecule has 150 valence electrons. The number of aromatic nitrogens is 2. The first kappa shape index (κ1) is 18.7. The predicted molar refractivity (Wildman–Crippen MR) is 105 cm³/mol. The number of H-pyrrole nitrogens is 1. The number of benzene rings is 2. The molecule has 4 N–H and O–H groups in total. The van der Waals surface area contributed by atoms with Gasteiger partial charge in [0.25, 0.3) is 0 Å². The van der Waals surface area contributed by atoms with Crippen LogP contribution in [-0.2, 0) is 6.42 Å². The molecule has 0 saturated carbocycles. The van der Waals surface area contributed by atoms with Crippen LogP contribution in [0.5, 0.6) is 23.0 Å². The van der Waals surface area contributed by atoms with E-state index in [-0.39, 0.29) is 22.9 Å². The number of aryl methyl sites for hydroxylation is 1. The molecule has 8 heteroatoms. The van der Waals surface area contributed by atoms with E-state index in [0.717, 1.165) is 6.42 Å². The summed E-state index contributed by atoms with van der Waals surface area (Å²) in [6, 6.07) is 8.01. The molecule has 1 aromatic heterocycles. The lowest BCUT2D eigenvalue weighted by Gasteiger charge is -2.12. The number of carbonyl (C=O) groups is 1. The summed E-state index contributed by atoms with van der Waals surface area (Å²) in [7, 11) is 0. The van der Waals surface area contributed by atoms with Gasteiger partial charge in [-0.15, -0.1) is 0 Å². The number of hydrogen-bond acceptors (Lipinski definition) is 6. The molecular formula is C21H20N2O6. The first-order valence-corrected chi connectivity index (χ1v) is 9.26. The van der Waals surface area contributed by atoms with Crippen LogP contribution in [0.15, 0.2) is 30.3 Å². The Bertz CT molecular complexity index is 1090. The fraction of sp³-hybridized carbons (Fsp3) is 0.238. The van der Waals surface area contributed by atoms with Gasteiger partial charge in [0.15, 0.2) is 17.2 Å². The molecule has 4 rings (SSSR count). The van der Waals surface area contributed by atoms with Crippen molar-refractivity contribution < 1.29 is 29.6 Å². The Balaban J connectivity index is 1.92. The highest BCUT2D eigenvalue weighted by atomic mass is 16.5. The molecular weight excluding hydrogens is 376 g/mol. The maximum absolute atomic E-state index is 11.8. The van der Waals surface area contributed by atoms with Crippen molar-refractivity contribution in [2.45, 2.75) is 19.8 Å². The molecule has 8 nitrogen and oxygen atoms in total. The summed E-state index contributed by atoms with van der Waals surface area (Å²) in [4.78, 5) is 11.8. The Morgan fingerprint density at radius 2 is 1.86 bits per heavy atom. The molecule has 0 fully saturated rings. The van der Waals surface area contributed by atoms with Gasteiger partial charge < -0.3 is 24.8 Å². The van der Waals surface area contributed by atoms with Crippen LogP contribution in [-0.4, -0.2) is 44.7 Å². The standard InChI is InChI=1S/C21H20N2O6/c1-2-11-8-13(15(25)10-14(11)24)19-18(20(21(26)27)23-22-19)12-4-5-16-17(9-12)29-7-3-6-28-16/h4-5,8-10,24-25H,2-3,6-7H2,1H3,(H,22,23)(H,26,27). The first-order chi connectivity index (χ1) is 14.0. The molecule has 3 aromatic rings. The Morgan fingerprint density at radius 1 is 1.10 bits per heavy atom. The highest BCUT2D eigenvalue weighted by Crippen LogP contribution is 2.42. The van der Waals surface area contributed by atoms with E-state index in [1.54, 1.807) is 24.3 Å². The van der Waals surface area contributed by atoms with Gasteiger partial charge >= 0.3 is 5.97 Å². The van der Waals surface area contributed by atoms with Crippen molar-refractivity contribution in [3.63, 3.8) is 0 Å². The number of aromatic amines is 1. The number of phenolic OH excluding ortho intramolecular Hbond substituents is 2. The van der Waals surface area contributed by atoms with Crippen molar-refractivity contribution in [2.24, 2.45) is 0 Å². The Kier molecular flexibility index (Phi) is 4.75. The van der Waals surface area contributed by atoms with E-state index < -0.39 is 5.97 Å². The maximum atomic E-state index is 11.8. The van der Waals surface area contributed by atoms with Crippen LogP contribution in [0.1, 0.15) is 29.4 Å². The molecule has 0 aliphatic carbocycles. The number of carboxylic acids is 1. The number of phenols is 2. The molecule has 2 aromatic carbocycles. The van der Waals surface area contributed by atoms with Gasteiger partial charge in [0.1, 0.15) is 17.2 Å². The number of nitrogens with zero attached hydrogens (tertiary/aromatic N) is 1. The van der Waals surface area contributed by atoms with Gasteiger partial charge in [-0.05, 0) is 35.7 Å². The number of aromatic carboxylic acids is 1. The monoisotopic (exact) mass is 396 g/mol. The molecule has 1 aliphatic heterocycles. The van der Waals surface area contributed by atoms with E-state index in [1.165, 1.54) is 6.07 Å². The number of carboxylic acid groups (broad SMARTS) is 1. The summed E-state index contributed by atoms with van der Waals surface area (Å²) in [6.45, 7) is 2.91. The first-order valence-electron chi connectivity index (χ1n) is 9.26. The second-order valence-electron chi connectivity index (χ2n) is 6.69. The molecule has 0 amide bonds. The van der Waals surface area contributed by atoms with E-state index in [2.05, 4.69) is 10.2 Å². The van der Waals surface area contributed by atoms with Gasteiger partial charge in [0, 0.05) is 23.6 Å². The molecule has 2 heterocycles. The minimum Gasteiger partial charge on any atom is -0.508 e. The predicted octanol–water partition coefficient (Wildman–Crippen LogP) is 3.58. The van der Waals surface area contributed by atoms with Crippen molar-refractivity contribution in [3.8, 4) is 45.4 Å². The van der Waals surface area contributed by atoms with Crippen LogP contribution < -0.4 is 9.47 Å². The van der Waals surface area contributed by atoms with Crippen molar-refractivity contribution in [3.05, 3.63) is 41.6 Å². The van der Waals surface area contributed by atoms with Crippen LogP contribution in [0.2, 0.25) is 0 Å². The number of fused-ring (bicyclic) bond motifs is 1. The normalized spacial score (nSPS) is 13.1.